The maximum Gasteiger partial charge on any atom is 0.350 e. The van der Waals surface area contributed by atoms with E-state index in [9.17, 15) is 14.4 Å². The van der Waals surface area contributed by atoms with Crippen LogP contribution in [0.3, 0.4) is 0 Å². The third-order valence-corrected chi connectivity index (χ3v) is 6.86. The molecule has 0 aliphatic carbocycles. The Morgan fingerprint density at radius 3 is 1.07 bits per heavy atom. The van der Waals surface area contributed by atoms with E-state index in [2.05, 4.69) is 0 Å². The predicted molar refractivity (Wildman–Crippen MR) is 170 cm³/mol. The molecule has 0 spiro atoms. The molecule has 0 atom stereocenters. The van der Waals surface area contributed by atoms with Crippen LogP contribution in [-0.2, 0) is 28.6 Å². The first-order valence-electron chi connectivity index (χ1n) is 13.9. The molecule has 0 bridgehead atoms. The molecular weight excluding hydrogens is 647 g/mol. The van der Waals surface area contributed by atoms with Crippen molar-refractivity contribution in [1.29, 1.82) is 0 Å². The summed E-state index contributed by atoms with van der Waals surface area (Å²) in [6.07, 6.45) is -1.21. The van der Waals surface area contributed by atoms with Gasteiger partial charge in [-0.25, -0.2) is 14.4 Å². The van der Waals surface area contributed by atoms with Gasteiger partial charge < -0.3 is 28.4 Å². The van der Waals surface area contributed by atoms with Crippen LogP contribution < -0.4 is 14.2 Å². The summed E-state index contributed by atoms with van der Waals surface area (Å²) in [4.78, 5) is 39.3. The van der Waals surface area contributed by atoms with E-state index < -0.39 is 54.0 Å². The van der Waals surface area contributed by atoms with Crippen molar-refractivity contribution in [2.45, 2.75) is 64.4 Å². The minimum absolute atomic E-state index is 0.373. The van der Waals surface area contributed by atoms with Gasteiger partial charge >= 0.3 is 17.9 Å². The van der Waals surface area contributed by atoms with Crippen molar-refractivity contribution in [3.8, 4) is 17.2 Å². The molecule has 3 aromatic carbocycles. The monoisotopic (exact) mass is 680 g/mol. The fourth-order valence-corrected chi connectivity index (χ4v) is 3.99. The molecule has 0 saturated carbocycles. The first kappa shape index (κ1) is 35.8. The lowest BCUT2D eigenvalue weighted by Gasteiger charge is -2.29. The fraction of sp³-hybridized carbons (Fsp3) is 0.364. The minimum Gasteiger partial charge on any atom is -0.476 e. The molecule has 3 aromatic rings. The molecule has 45 heavy (non-hydrogen) atoms. The molecule has 0 radical (unpaired) electrons. The van der Waals surface area contributed by atoms with Crippen molar-refractivity contribution < 1.29 is 42.8 Å². The fourth-order valence-electron chi connectivity index (χ4n) is 3.61. The van der Waals surface area contributed by atoms with Crippen LogP contribution >= 0.6 is 34.8 Å². The molecule has 0 aromatic heterocycles. The van der Waals surface area contributed by atoms with Gasteiger partial charge in [-0.05, 0) is 114 Å². The van der Waals surface area contributed by atoms with E-state index in [0.717, 1.165) is 0 Å². The van der Waals surface area contributed by atoms with E-state index in [1.54, 1.807) is 72.8 Å². The second kappa shape index (κ2) is 15.1. The van der Waals surface area contributed by atoms with Crippen molar-refractivity contribution >= 4 is 52.7 Å². The lowest BCUT2D eigenvalue weighted by Crippen LogP contribution is -2.46. The zero-order chi connectivity index (χ0) is 33.4. The molecule has 0 saturated heterocycles. The number of halogens is 3. The van der Waals surface area contributed by atoms with Gasteiger partial charge in [-0.2, -0.15) is 0 Å². The Labute approximate surface area is 277 Å². The highest BCUT2D eigenvalue weighted by Gasteiger charge is 2.38. The van der Waals surface area contributed by atoms with Crippen molar-refractivity contribution in [2.24, 2.45) is 0 Å². The molecule has 3 rings (SSSR count). The molecular formula is C33H35Cl3O9. The zero-order valence-corrected chi connectivity index (χ0v) is 28.0. The summed E-state index contributed by atoms with van der Waals surface area (Å²) in [5.74, 6) is -1.16. The van der Waals surface area contributed by atoms with Gasteiger partial charge in [-0.3, -0.25) is 0 Å². The Morgan fingerprint density at radius 2 is 0.778 bits per heavy atom. The molecule has 0 heterocycles. The summed E-state index contributed by atoms with van der Waals surface area (Å²) >= 11 is 17.8. The van der Waals surface area contributed by atoms with Gasteiger partial charge in [0, 0.05) is 15.1 Å². The van der Waals surface area contributed by atoms with Crippen LogP contribution in [0.5, 0.6) is 17.2 Å². The van der Waals surface area contributed by atoms with E-state index in [-0.39, 0.29) is 0 Å². The van der Waals surface area contributed by atoms with Crippen LogP contribution in [0.15, 0.2) is 72.8 Å². The summed E-state index contributed by atoms with van der Waals surface area (Å²) in [6.45, 7) is 8.17. The number of carbonyl (C=O) groups excluding carboxylic acids is 3. The van der Waals surface area contributed by atoms with Crippen LogP contribution in [-0.4, -0.2) is 54.0 Å². The normalized spacial score (nSPS) is 11.9. The number of carbonyl (C=O) groups is 3. The van der Waals surface area contributed by atoms with E-state index >= 15 is 0 Å². The number of hydrogen-bond acceptors (Lipinski definition) is 9. The van der Waals surface area contributed by atoms with Crippen molar-refractivity contribution in [3.05, 3.63) is 87.9 Å². The molecule has 0 aliphatic rings. The van der Waals surface area contributed by atoms with Gasteiger partial charge in [0.1, 0.15) is 30.5 Å². The van der Waals surface area contributed by atoms with Crippen LogP contribution in [0.2, 0.25) is 15.1 Å². The second-order valence-corrected chi connectivity index (χ2v) is 12.7. The molecule has 0 amide bonds. The number of benzene rings is 3. The maximum absolute atomic E-state index is 13.2. The van der Waals surface area contributed by atoms with Gasteiger partial charge in [0.25, 0.3) is 0 Å². The molecule has 0 aliphatic heterocycles. The average molecular weight is 682 g/mol. The van der Waals surface area contributed by atoms with Crippen LogP contribution in [0.25, 0.3) is 0 Å². The Balaban J connectivity index is 1.70. The standard InChI is InChI=1S/C33H35Cl3O9/c1-31(2,43-24-13-7-21(34)8-14-24)28(37)40-19-27(42-30(39)33(5,6)45-26-17-11-23(36)12-18-26)20-41-29(38)32(3,4)44-25-15-9-22(35)10-16-25/h7-18,27H,19-20H2,1-6H3. The highest BCUT2D eigenvalue weighted by atomic mass is 35.5. The van der Waals surface area contributed by atoms with Gasteiger partial charge in [-0.15, -0.1) is 0 Å². The van der Waals surface area contributed by atoms with Crippen molar-refractivity contribution in [2.75, 3.05) is 13.2 Å². The Morgan fingerprint density at radius 1 is 0.511 bits per heavy atom. The average Bonchev–Trinajstić information content (AvgIpc) is 2.97. The summed E-state index contributed by atoms with van der Waals surface area (Å²) < 4.78 is 34.0. The van der Waals surface area contributed by atoms with Gasteiger partial charge in [0.2, 0.25) is 0 Å². The molecule has 242 valence electrons. The lowest BCUT2D eigenvalue weighted by molar-refractivity contribution is -0.183. The molecule has 0 N–H and O–H groups in total. The number of hydrogen-bond donors (Lipinski definition) is 0. The molecule has 9 nitrogen and oxygen atoms in total. The smallest absolute Gasteiger partial charge is 0.350 e. The van der Waals surface area contributed by atoms with Crippen molar-refractivity contribution in [1.82, 2.24) is 0 Å². The van der Waals surface area contributed by atoms with Crippen LogP contribution in [0.1, 0.15) is 41.5 Å². The van der Waals surface area contributed by atoms with E-state index in [0.29, 0.717) is 32.3 Å². The lowest BCUT2D eigenvalue weighted by atomic mass is 10.1. The summed E-state index contributed by atoms with van der Waals surface area (Å²) in [6, 6.07) is 19.3. The van der Waals surface area contributed by atoms with Crippen molar-refractivity contribution in [3.63, 3.8) is 0 Å². The van der Waals surface area contributed by atoms with Gasteiger partial charge in [-0.1, -0.05) is 34.8 Å². The summed E-state index contributed by atoms with van der Waals surface area (Å²) in [7, 11) is 0. The molecule has 0 unspecified atom stereocenters. The van der Waals surface area contributed by atoms with Crippen LogP contribution in [0, 0.1) is 0 Å². The SMILES string of the molecule is CC(C)(Oc1ccc(Cl)cc1)C(=O)OCC(COC(=O)C(C)(C)Oc1ccc(Cl)cc1)OC(=O)C(C)(C)Oc1ccc(Cl)cc1. The molecule has 0 fully saturated rings. The Bertz CT molecular complexity index is 1380. The van der Waals surface area contributed by atoms with Gasteiger partial charge in [0.05, 0.1) is 0 Å². The quantitative estimate of drug-likeness (QED) is 0.126. The number of rotatable bonds is 14. The zero-order valence-electron chi connectivity index (χ0n) is 25.7. The molecule has 12 heteroatoms. The Hall–Kier alpha value is -3.66. The first-order valence-corrected chi connectivity index (χ1v) is 15.0. The number of ether oxygens (including phenoxy) is 6. The highest BCUT2D eigenvalue weighted by molar-refractivity contribution is 6.31. The highest BCUT2D eigenvalue weighted by Crippen LogP contribution is 2.25. The van der Waals surface area contributed by atoms with E-state index in [1.165, 1.54) is 41.5 Å². The largest absolute Gasteiger partial charge is 0.476 e. The topological polar surface area (TPSA) is 107 Å². The van der Waals surface area contributed by atoms with E-state index in [4.69, 9.17) is 63.2 Å². The summed E-state index contributed by atoms with van der Waals surface area (Å²) in [5.41, 5.74) is -4.33. The maximum atomic E-state index is 13.2. The number of esters is 3. The van der Waals surface area contributed by atoms with Gasteiger partial charge in [0.15, 0.2) is 22.9 Å². The van der Waals surface area contributed by atoms with Crippen LogP contribution in [0.4, 0.5) is 0 Å². The first-order chi connectivity index (χ1) is 21.0. The summed E-state index contributed by atoms with van der Waals surface area (Å²) in [5, 5.41) is 1.51. The predicted octanol–water partition coefficient (Wildman–Crippen LogP) is 7.52. The minimum atomic E-state index is -1.48. The Kier molecular flexibility index (Phi) is 12.0. The second-order valence-electron chi connectivity index (χ2n) is 11.4. The third kappa shape index (κ3) is 11.0. The third-order valence-electron chi connectivity index (χ3n) is 6.11. The van der Waals surface area contributed by atoms with E-state index in [1.807, 2.05) is 0 Å².